The second-order valence-electron chi connectivity index (χ2n) is 9.36. The summed E-state index contributed by atoms with van der Waals surface area (Å²) in [6.07, 6.45) is 8.09. The van der Waals surface area contributed by atoms with Crippen molar-refractivity contribution >= 4 is 17.3 Å². The number of carbonyl (C=O) groups is 2. The molecule has 3 fully saturated rings. The number of hydrogen-bond donors (Lipinski definition) is 1. The van der Waals surface area contributed by atoms with Crippen LogP contribution in [0.15, 0.2) is 16.8 Å². The minimum atomic E-state index is -0.118. The first kappa shape index (κ1) is 17.0. The summed E-state index contributed by atoms with van der Waals surface area (Å²) in [7, 11) is 0. The second-order valence-corrected chi connectivity index (χ2v) is 9.36. The van der Waals surface area contributed by atoms with E-state index in [-0.39, 0.29) is 22.4 Å². The zero-order valence-corrected chi connectivity index (χ0v) is 15.5. The molecular weight excluding hydrogens is 314 g/mol. The SMILES string of the molecule is C/C(=N\O)[C@H]1CC[C@H]2[C@@H]3CC(=O)C4=CC(=O)CC[C@]4(C)[C@H]3CC[C@]12C. The van der Waals surface area contributed by atoms with Gasteiger partial charge in [-0.05, 0) is 73.7 Å². The molecule has 0 aliphatic heterocycles. The van der Waals surface area contributed by atoms with Crippen LogP contribution in [-0.4, -0.2) is 22.5 Å². The molecule has 3 saturated carbocycles. The average Bonchev–Trinajstić information content (AvgIpc) is 2.93. The first-order valence-electron chi connectivity index (χ1n) is 9.78. The van der Waals surface area contributed by atoms with Crippen molar-refractivity contribution in [2.75, 3.05) is 0 Å². The number of carbonyl (C=O) groups excluding carboxylic acids is 2. The molecule has 0 unspecified atom stereocenters. The molecule has 0 saturated heterocycles. The molecule has 0 aromatic heterocycles. The highest BCUT2D eigenvalue weighted by Gasteiger charge is 2.60. The summed E-state index contributed by atoms with van der Waals surface area (Å²) in [5, 5.41) is 12.8. The number of allylic oxidation sites excluding steroid dienone is 1. The van der Waals surface area contributed by atoms with Crippen LogP contribution in [0.25, 0.3) is 0 Å². The van der Waals surface area contributed by atoms with Crippen LogP contribution in [0.5, 0.6) is 0 Å². The van der Waals surface area contributed by atoms with E-state index in [0.29, 0.717) is 36.5 Å². The number of Topliss-reactive ketones (excluding diaryl/α,β-unsaturated/α-hetero) is 1. The van der Waals surface area contributed by atoms with Crippen molar-refractivity contribution in [1.82, 2.24) is 0 Å². The van der Waals surface area contributed by atoms with Crippen molar-refractivity contribution in [2.24, 2.45) is 39.7 Å². The number of hydrogen-bond acceptors (Lipinski definition) is 4. The molecule has 0 radical (unpaired) electrons. The predicted octanol–water partition coefficient (Wildman–Crippen LogP) is 4.16. The molecule has 4 nitrogen and oxygen atoms in total. The third-order valence-electron chi connectivity index (χ3n) is 8.45. The van der Waals surface area contributed by atoms with Gasteiger partial charge in [-0.3, -0.25) is 9.59 Å². The largest absolute Gasteiger partial charge is 0.411 e. The van der Waals surface area contributed by atoms with Crippen LogP contribution in [-0.2, 0) is 9.59 Å². The van der Waals surface area contributed by atoms with Crippen LogP contribution in [0.2, 0.25) is 0 Å². The summed E-state index contributed by atoms with van der Waals surface area (Å²) < 4.78 is 0. The van der Waals surface area contributed by atoms with Crippen molar-refractivity contribution < 1.29 is 14.8 Å². The standard InChI is InChI=1S/C21H29NO3/c1-12(22-25)15-4-5-16-14-11-19(24)18-10-13(23)6-8-21(18,3)17(14)7-9-20(15,16)2/h10,14-17,25H,4-9,11H2,1-3H3/b22-12+/t14-,15+,16-,17-,20+,21+/m0/s1. The van der Waals surface area contributed by atoms with E-state index in [1.54, 1.807) is 6.08 Å². The maximum Gasteiger partial charge on any atom is 0.159 e. The molecule has 0 heterocycles. The van der Waals surface area contributed by atoms with Crippen LogP contribution in [0.1, 0.15) is 65.7 Å². The lowest BCUT2D eigenvalue weighted by Crippen LogP contribution is -2.53. The molecule has 0 amide bonds. The number of oxime groups is 1. The quantitative estimate of drug-likeness (QED) is 0.441. The van der Waals surface area contributed by atoms with Crippen molar-refractivity contribution in [3.8, 4) is 0 Å². The number of ketones is 2. The molecule has 1 N–H and O–H groups in total. The van der Waals surface area contributed by atoms with Crippen LogP contribution in [0, 0.1) is 34.5 Å². The number of nitrogens with zero attached hydrogens (tertiary/aromatic N) is 1. The van der Waals surface area contributed by atoms with Gasteiger partial charge in [-0.2, -0.15) is 0 Å². The lowest BCUT2D eigenvalue weighted by molar-refractivity contribution is -0.130. The Morgan fingerprint density at radius 3 is 2.64 bits per heavy atom. The summed E-state index contributed by atoms with van der Waals surface area (Å²) in [5.41, 5.74) is 1.68. The molecule has 4 heteroatoms. The summed E-state index contributed by atoms with van der Waals surface area (Å²) in [6, 6.07) is 0. The van der Waals surface area contributed by atoms with Gasteiger partial charge in [0, 0.05) is 24.3 Å². The van der Waals surface area contributed by atoms with Gasteiger partial charge >= 0.3 is 0 Å². The maximum absolute atomic E-state index is 12.9. The predicted molar refractivity (Wildman–Crippen MR) is 95.5 cm³/mol. The molecule has 4 aliphatic rings. The molecule has 25 heavy (non-hydrogen) atoms. The Morgan fingerprint density at radius 2 is 1.92 bits per heavy atom. The van der Waals surface area contributed by atoms with E-state index in [0.717, 1.165) is 43.4 Å². The van der Waals surface area contributed by atoms with Gasteiger partial charge in [-0.1, -0.05) is 19.0 Å². The van der Waals surface area contributed by atoms with Gasteiger partial charge in [-0.15, -0.1) is 0 Å². The summed E-state index contributed by atoms with van der Waals surface area (Å²) in [4.78, 5) is 24.8. The fourth-order valence-electron chi connectivity index (χ4n) is 7.14. The van der Waals surface area contributed by atoms with E-state index in [4.69, 9.17) is 0 Å². The Kier molecular flexibility index (Phi) is 3.75. The molecule has 136 valence electrons. The Morgan fingerprint density at radius 1 is 1.16 bits per heavy atom. The Bertz CT molecular complexity index is 693. The van der Waals surface area contributed by atoms with Crippen molar-refractivity contribution in [2.45, 2.75) is 65.7 Å². The first-order valence-corrected chi connectivity index (χ1v) is 9.78. The highest BCUT2D eigenvalue weighted by molar-refractivity contribution is 6.05. The first-order chi connectivity index (χ1) is 11.8. The summed E-state index contributed by atoms with van der Waals surface area (Å²) in [6.45, 7) is 6.52. The monoisotopic (exact) mass is 343 g/mol. The molecule has 4 aliphatic carbocycles. The Labute approximate surface area is 149 Å². The van der Waals surface area contributed by atoms with Crippen LogP contribution in [0.3, 0.4) is 0 Å². The van der Waals surface area contributed by atoms with Gasteiger partial charge in [0.1, 0.15) is 0 Å². The molecular formula is C21H29NO3. The lowest BCUT2D eigenvalue weighted by atomic mass is 9.46. The summed E-state index contributed by atoms with van der Waals surface area (Å²) >= 11 is 0. The zero-order chi connectivity index (χ0) is 18.0. The Hall–Kier alpha value is -1.45. The maximum atomic E-state index is 12.9. The van der Waals surface area contributed by atoms with Gasteiger partial charge in [0.2, 0.25) is 0 Å². The van der Waals surface area contributed by atoms with Crippen LogP contribution >= 0.6 is 0 Å². The van der Waals surface area contributed by atoms with Gasteiger partial charge in [0.05, 0.1) is 5.71 Å². The van der Waals surface area contributed by atoms with Gasteiger partial charge in [0.15, 0.2) is 11.6 Å². The van der Waals surface area contributed by atoms with Gasteiger partial charge in [-0.25, -0.2) is 0 Å². The van der Waals surface area contributed by atoms with Crippen molar-refractivity contribution in [3.63, 3.8) is 0 Å². The summed E-state index contributed by atoms with van der Waals surface area (Å²) in [5.74, 6) is 2.10. The smallest absolute Gasteiger partial charge is 0.159 e. The van der Waals surface area contributed by atoms with Crippen LogP contribution in [0.4, 0.5) is 0 Å². The molecule has 4 rings (SSSR count). The van der Waals surface area contributed by atoms with Crippen molar-refractivity contribution in [3.05, 3.63) is 11.6 Å². The van der Waals surface area contributed by atoms with E-state index >= 15 is 0 Å². The number of fused-ring (bicyclic) bond motifs is 5. The van der Waals surface area contributed by atoms with Gasteiger partial charge in [0.25, 0.3) is 0 Å². The second kappa shape index (κ2) is 5.52. The third kappa shape index (κ3) is 2.22. The molecule has 6 atom stereocenters. The Balaban J connectivity index is 1.71. The molecule has 0 aromatic carbocycles. The van der Waals surface area contributed by atoms with E-state index in [2.05, 4.69) is 19.0 Å². The van der Waals surface area contributed by atoms with E-state index < -0.39 is 0 Å². The highest BCUT2D eigenvalue weighted by Crippen LogP contribution is 2.66. The van der Waals surface area contributed by atoms with E-state index in [1.807, 2.05) is 6.92 Å². The van der Waals surface area contributed by atoms with E-state index in [9.17, 15) is 14.8 Å². The third-order valence-corrected chi connectivity index (χ3v) is 8.45. The zero-order valence-electron chi connectivity index (χ0n) is 15.5. The van der Waals surface area contributed by atoms with E-state index in [1.165, 1.54) is 0 Å². The van der Waals surface area contributed by atoms with Crippen molar-refractivity contribution in [1.29, 1.82) is 0 Å². The highest BCUT2D eigenvalue weighted by atomic mass is 16.4. The molecule has 0 spiro atoms. The molecule has 0 aromatic rings. The minimum Gasteiger partial charge on any atom is -0.411 e. The number of rotatable bonds is 1. The average molecular weight is 343 g/mol. The van der Waals surface area contributed by atoms with Crippen LogP contribution < -0.4 is 0 Å². The normalized spacial score (nSPS) is 47.0. The lowest BCUT2D eigenvalue weighted by Gasteiger charge is -2.57. The fourth-order valence-corrected chi connectivity index (χ4v) is 7.14. The fraction of sp³-hybridized carbons (Fsp3) is 0.762. The molecule has 0 bridgehead atoms. The minimum absolute atomic E-state index is 0.118. The van der Waals surface area contributed by atoms with Gasteiger partial charge < -0.3 is 5.21 Å². The topological polar surface area (TPSA) is 66.7 Å².